The number of hydrogen-bond donors (Lipinski definition) is 1. The molecular weight excluding hydrogens is 485 g/mol. The SMILES string of the molecule is N[C@@H]1CN(c2nc3cc(F)c(F)cc3n2CC(=O)N2CCC(C(=O)N3CCCCCC3)CC2)CC[C@H]1F. The molecule has 2 amide bonds. The molecule has 2 aromatic rings. The van der Waals surface area contributed by atoms with E-state index >= 15 is 0 Å². The van der Waals surface area contributed by atoms with Crippen molar-refractivity contribution < 1.29 is 22.8 Å². The van der Waals surface area contributed by atoms with E-state index in [0.717, 1.165) is 50.9 Å². The smallest absolute Gasteiger partial charge is 0.242 e. The number of aromatic nitrogens is 2. The zero-order valence-electron chi connectivity index (χ0n) is 21.1. The molecule has 3 aliphatic rings. The van der Waals surface area contributed by atoms with Gasteiger partial charge in [-0.05, 0) is 32.1 Å². The van der Waals surface area contributed by atoms with Gasteiger partial charge in [0.15, 0.2) is 11.6 Å². The molecule has 0 bridgehead atoms. The predicted molar refractivity (Wildman–Crippen MR) is 134 cm³/mol. The van der Waals surface area contributed by atoms with Crippen molar-refractivity contribution in [2.24, 2.45) is 11.7 Å². The van der Waals surface area contributed by atoms with E-state index in [9.17, 15) is 22.8 Å². The number of amides is 2. The van der Waals surface area contributed by atoms with E-state index in [2.05, 4.69) is 4.98 Å². The summed E-state index contributed by atoms with van der Waals surface area (Å²) in [4.78, 5) is 36.3. The first-order chi connectivity index (χ1) is 17.8. The van der Waals surface area contributed by atoms with Crippen LogP contribution < -0.4 is 10.6 Å². The minimum absolute atomic E-state index is 0.0765. The highest BCUT2D eigenvalue weighted by Crippen LogP contribution is 2.28. The molecule has 3 saturated heterocycles. The summed E-state index contributed by atoms with van der Waals surface area (Å²) in [6.07, 6.45) is 4.70. The van der Waals surface area contributed by atoms with Gasteiger partial charge in [-0.2, -0.15) is 0 Å². The van der Waals surface area contributed by atoms with E-state index in [-0.39, 0.29) is 42.8 Å². The molecule has 2 atom stereocenters. The van der Waals surface area contributed by atoms with Gasteiger partial charge in [-0.1, -0.05) is 12.8 Å². The minimum atomic E-state index is -1.14. The minimum Gasteiger partial charge on any atom is -0.342 e. The molecule has 202 valence electrons. The zero-order chi connectivity index (χ0) is 26.1. The van der Waals surface area contributed by atoms with E-state index in [1.165, 1.54) is 0 Å². The van der Waals surface area contributed by atoms with Crippen molar-refractivity contribution in [3.63, 3.8) is 0 Å². The number of likely N-dealkylation sites (tertiary alicyclic amines) is 2. The highest BCUT2D eigenvalue weighted by molar-refractivity contribution is 5.84. The van der Waals surface area contributed by atoms with Crippen LogP contribution in [0.4, 0.5) is 19.1 Å². The van der Waals surface area contributed by atoms with Crippen LogP contribution in [0.3, 0.4) is 0 Å². The Balaban J connectivity index is 1.30. The van der Waals surface area contributed by atoms with Gasteiger partial charge in [-0.15, -0.1) is 0 Å². The number of fused-ring (bicyclic) bond motifs is 1. The average Bonchev–Trinajstić information content (AvgIpc) is 3.06. The molecule has 3 fully saturated rings. The lowest BCUT2D eigenvalue weighted by Gasteiger charge is -2.35. The highest BCUT2D eigenvalue weighted by Gasteiger charge is 2.33. The summed E-state index contributed by atoms with van der Waals surface area (Å²) in [7, 11) is 0. The van der Waals surface area contributed by atoms with E-state index in [4.69, 9.17) is 5.73 Å². The number of anilines is 1. The molecule has 0 saturated carbocycles. The molecule has 11 heteroatoms. The Labute approximate surface area is 214 Å². The third kappa shape index (κ3) is 5.42. The van der Waals surface area contributed by atoms with Crippen LogP contribution in [0.2, 0.25) is 0 Å². The number of nitrogens with zero attached hydrogens (tertiary/aromatic N) is 5. The molecule has 0 unspecified atom stereocenters. The fourth-order valence-corrected chi connectivity index (χ4v) is 5.80. The van der Waals surface area contributed by atoms with Gasteiger partial charge < -0.3 is 25.0 Å². The van der Waals surface area contributed by atoms with E-state index in [1.54, 1.807) is 14.4 Å². The second kappa shape index (κ2) is 10.9. The van der Waals surface area contributed by atoms with Gasteiger partial charge in [0.2, 0.25) is 17.8 Å². The molecule has 0 spiro atoms. The summed E-state index contributed by atoms with van der Waals surface area (Å²) < 4.78 is 43.7. The number of piperidine rings is 2. The van der Waals surface area contributed by atoms with Crippen molar-refractivity contribution in [1.29, 1.82) is 0 Å². The van der Waals surface area contributed by atoms with Crippen LogP contribution in [0.15, 0.2) is 12.1 Å². The Morgan fingerprint density at radius 1 is 0.919 bits per heavy atom. The molecule has 37 heavy (non-hydrogen) atoms. The van der Waals surface area contributed by atoms with Crippen LogP contribution >= 0.6 is 0 Å². The second-order valence-corrected chi connectivity index (χ2v) is 10.6. The summed E-state index contributed by atoms with van der Waals surface area (Å²) >= 11 is 0. The Morgan fingerprint density at radius 2 is 1.59 bits per heavy atom. The van der Waals surface area contributed by atoms with E-state index in [1.807, 2.05) is 4.90 Å². The number of nitrogens with two attached hydrogens (primary N) is 1. The summed E-state index contributed by atoms with van der Waals surface area (Å²) in [6, 6.07) is 1.34. The Morgan fingerprint density at radius 3 is 2.27 bits per heavy atom. The Bertz CT molecular complexity index is 1140. The third-order valence-corrected chi connectivity index (χ3v) is 8.03. The summed E-state index contributed by atoms with van der Waals surface area (Å²) in [5.74, 6) is -1.77. The quantitative estimate of drug-likeness (QED) is 0.670. The normalized spacial score (nSPS) is 23.9. The first-order valence-electron chi connectivity index (χ1n) is 13.4. The van der Waals surface area contributed by atoms with E-state index < -0.39 is 23.8 Å². The number of imidazole rings is 1. The lowest BCUT2D eigenvalue weighted by Crippen LogP contribution is -2.50. The van der Waals surface area contributed by atoms with Crippen LogP contribution in [-0.2, 0) is 16.1 Å². The maximum Gasteiger partial charge on any atom is 0.242 e. The number of rotatable bonds is 4. The standard InChI is InChI=1S/C26H35F3N6O2/c27-18-7-12-34(15-21(18)30)26-31-22-13-19(28)20(29)14-23(22)35(26)16-24(36)32-10-5-17(6-11-32)25(37)33-8-3-1-2-4-9-33/h13-14,17-18,21H,1-12,15-16,30H2/t18-,21-/m1/s1. The second-order valence-electron chi connectivity index (χ2n) is 10.6. The van der Waals surface area contributed by atoms with Crippen LogP contribution in [0, 0.1) is 17.6 Å². The van der Waals surface area contributed by atoms with Gasteiger partial charge >= 0.3 is 0 Å². The molecule has 0 aliphatic carbocycles. The van der Waals surface area contributed by atoms with Crippen LogP contribution in [-0.4, -0.2) is 82.6 Å². The van der Waals surface area contributed by atoms with Gasteiger partial charge in [0, 0.05) is 57.3 Å². The molecule has 1 aromatic carbocycles. The fraction of sp³-hybridized carbons (Fsp3) is 0.654. The average molecular weight is 521 g/mol. The van der Waals surface area contributed by atoms with Gasteiger partial charge in [0.1, 0.15) is 12.7 Å². The number of benzene rings is 1. The molecule has 5 rings (SSSR count). The Hall–Kier alpha value is -2.82. The zero-order valence-corrected chi connectivity index (χ0v) is 21.1. The summed E-state index contributed by atoms with van der Waals surface area (Å²) in [5, 5.41) is 0. The van der Waals surface area contributed by atoms with Crippen molar-refractivity contribution in [3.05, 3.63) is 23.8 Å². The topological polar surface area (TPSA) is 87.7 Å². The van der Waals surface area contributed by atoms with Gasteiger partial charge in [0.25, 0.3) is 0 Å². The number of carbonyl (C=O) groups excluding carboxylic acids is 2. The Kier molecular flexibility index (Phi) is 7.60. The van der Waals surface area contributed by atoms with E-state index in [0.29, 0.717) is 43.9 Å². The number of hydrogen-bond acceptors (Lipinski definition) is 5. The first kappa shape index (κ1) is 25.8. The van der Waals surface area contributed by atoms with Gasteiger partial charge in [0.05, 0.1) is 17.1 Å². The predicted octanol–water partition coefficient (Wildman–Crippen LogP) is 2.83. The summed E-state index contributed by atoms with van der Waals surface area (Å²) in [5.41, 5.74) is 6.45. The molecule has 1 aromatic heterocycles. The lowest BCUT2D eigenvalue weighted by atomic mass is 9.95. The molecule has 4 heterocycles. The largest absolute Gasteiger partial charge is 0.342 e. The maximum atomic E-state index is 14.2. The monoisotopic (exact) mass is 520 g/mol. The molecule has 3 aliphatic heterocycles. The fourth-order valence-electron chi connectivity index (χ4n) is 5.80. The van der Waals surface area contributed by atoms with Crippen molar-refractivity contribution in [1.82, 2.24) is 19.4 Å². The number of carbonyl (C=O) groups is 2. The van der Waals surface area contributed by atoms with Crippen molar-refractivity contribution in [3.8, 4) is 0 Å². The molecular formula is C26H35F3N6O2. The number of halogens is 3. The van der Waals surface area contributed by atoms with Gasteiger partial charge in [-0.3, -0.25) is 9.59 Å². The van der Waals surface area contributed by atoms with Crippen LogP contribution in [0.25, 0.3) is 11.0 Å². The first-order valence-corrected chi connectivity index (χ1v) is 13.4. The van der Waals surface area contributed by atoms with Crippen molar-refractivity contribution in [2.75, 3.05) is 44.2 Å². The summed E-state index contributed by atoms with van der Waals surface area (Å²) in [6.45, 7) is 2.96. The van der Waals surface area contributed by atoms with Crippen molar-refractivity contribution >= 4 is 28.8 Å². The third-order valence-electron chi connectivity index (χ3n) is 8.03. The lowest BCUT2D eigenvalue weighted by molar-refractivity contribution is -0.141. The van der Waals surface area contributed by atoms with Gasteiger partial charge in [-0.25, -0.2) is 18.2 Å². The van der Waals surface area contributed by atoms with Crippen molar-refractivity contribution in [2.45, 2.75) is 63.7 Å². The number of alkyl halides is 1. The van der Waals surface area contributed by atoms with Crippen LogP contribution in [0.1, 0.15) is 44.9 Å². The molecule has 8 nitrogen and oxygen atoms in total. The molecule has 0 radical (unpaired) electrons. The van der Waals surface area contributed by atoms with Crippen LogP contribution in [0.5, 0.6) is 0 Å². The maximum absolute atomic E-state index is 14.2. The molecule has 2 N–H and O–H groups in total. The highest BCUT2D eigenvalue weighted by atomic mass is 19.2.